The van der Waals surface area contributed by atoms with Gasteiger partial charge in [0.1, 0.15) is 0 Å². The van der Waals surface area contributed by atoms with Crippen LogP contribution in [0.3, 0.4) is 0 Å². The second-order valence-corrected chi connectivity index (χ2v) is 9.72. The summed E-state index contributed by atoms with van der Waals surface area (Å²) in [6, 6.07) is 12.5. The van der Waals surface area contributed by atoms with Gasteiger partial charge in [-0.05, 0) is 73.2 Å². The number of carbonyl (C=O) groups excluding carboxylic acids is 1. The first-order chi connectivity index (χ1) is 13.8. The van der Waals surface area contributed by atoms with E-state index >= 15 is 0 Å². The van der Waals surface area contributed by atoms with Crippen LogP contribution >= 0.6 is 0 Å². The molecule has 1 N–H and O–H groups in total. The minimum Gasteiger partial charge on any atom is -0.372 e. The van der Waals surface area contributed by atoms with Crippen molar-refractivity contribution in [3.05, 3.63) is 48.0 Å². The van der Waals surface area contributed by atoms with Gasteiger partial charge in [-0.15, -0.1) is 0 Å². The van der Waals surface area contributed by atoms with Crippen LogP contribution in [-0.4, -0.2) is 34.0 Å². The maximum Gasteiger partial charge on any atom is 0.261 e. The Morgan fingerprint density at radius 3 is 2.38 bits per heavy atom. The monoisotopic (exact) mass is 413 g/mol. The van der Waals surface area contributed by atoms with Gasteiger partial charge in [0.15, 0.2) is 0 Å². The quantitative estimate of drug-likeness (QED) is 0.831. The lowest BCUT2D eigenvalue weighted by Crippen LogP contribution is -2.32. The number of hydrogen-bond acceptors (Lipinski definition) is 4. The highest BCUT2D eigenvalue weighted by molar-refractivity contribution is 7.92. The summed E-state index contributed by atoms with van der Waals surface area (Å²) in [6.45, 7) is 6.48. The Morgan fingerprint density at radius 2 is 1.72 bits per heavy atom. The summed E-state index contributed by atoms with van der Waals surface area (Å²) in [4.78, 5) is 15.9. The summed E-state index contributed by atoms with van der Waals surface area (Å²) in [5.41, 5.74) is 3.36. The van der Waals surface area contributed by atoms with Crippen molar-refractivity contribution in [3.63, 3.8) is 0 Å². The van der Waals surface area contributed by atoms with E-state index in [9.17, 15) is 13.2 Å². The number of benzene rings is 2. The summed E-state index contributed by atoms with van der Waals surface area (Å²) in [7, 11) is -3.68. The highest BCUT2D eigenvalue weighted by atomic mass is 32.2. The summed E-state index contributed by atoms with van der Waals surface area (Å²) in [6.07, 6.45) is 3.04. The van der Waals surface area contributed by atoms with Gasteiger partial charge in [0.25, 0.3) is 10.0 Å². The molecule has 1 saturated heterocycles. The highest BCUT2D eigenvalue weighted by Crippen LogP contribution is 2.31. The van der Waals surface area contributed by atoms with Gasteiger partial charge in [-0.1, -0.05) is 6.92 Å². The van der Waals surface area contributed by atoms with Gasteiger partial charge in [-0.2, -0.15) is 0 Å². The van der Waals surface area contributed by atoms with Crippen LogP contribution in [0.25, 0.3) is 0 Å². The first kappa shape index (κ1) is 19.8. The maximum absolute atomic E-state index is 12.8. The molecule has 0 spiro atoms. The van der Waals surface area contributed by atoms with Crippen LogP contribution in [0.2, 0.25) is 0 Å². The molecule has 2 heterocycles. The molecule has 2 aromatic carbocycles. The van der Waals surface area contributed by atoms with Crippen LogP contribution in [0.1, 0.15) is 32.3 Å². The summed E-state index contributed by atoms with van der Waals surface area (Å²) >= 11 is 0. The van der Waals surface area contributed by atoms with Crippen molar-refractivity contribution >= 4 is 33.0 Å². The number of anilines is 3. The molecule has 1 amide bonds. The molecule has 2 aromatic rings. The second-order valence-electron chi connectivity index (χ2n) is 8.03. The van der Waals surface area contributed by atoms with E-state index in [1.807, 2.05) is 24.3 Å². The van der Waals surface area contributed by atoms with Crippen LogP contribution in [0.15, 0.2) is 47.4 Å². The Bertz CT molecular complexity index is 1010. The van der Waals surface area contributed by atoms with E-state index < -0.39 is 10.0 Å². The van der Waals surface area contributed by atoms with Crippen LogP contribution in [0, 0.1) is 5.92 Å². The third kappa shape index (κ3) is 4.10. The molecule has 4 rings (SSSR count). The van der Waals surface area contributed by atoms with Gasteiger partial charge in [-0.25, -0.2) is 8.42 Å². The zero-order chi connectivity index (χ0) is 20.6. The number of amides is 1. The van der Waals surface area contributed by atoms with Crippen molar-refractivity contribution in [2.45, 2.75) is 38.0 Å². The van der Waals surface area contributed by atoms with Crippen LogP contribution < -0.4 is 14.5 Å². The molecule has 0 saturated carbocycles. The molecule has 7 heteroatoms. The van der Waals surface area contributed by atoms with Crippen LogP contribution in [-0.2, 0) is 21.2 Å². The highest BCUT2D eigenvalue weighted by Gasteiger charge is 2.25. The Morgan fingerprint density at radius 1 is 1.03 bits per heavy atom. The molecule has 0 bridgehead atoms. The number of fused-ring (bicyclic) bond motifs is 1. The molecule has 2 aliphatic rings. The van der Waals surface area contributed by atoms with E-state index in [-0.39, 0.29) is 10.8 Å². The average molecular weight is 414 g/mol. The van der Waals surface area contributed by atoms with Crippen molar-refractivity contribution in [3.8, 4) is 0 Å². The lowest BCUT2D eigenvalue weighted by Gasteiger charge is -2.32. The third-order valence-corrected chi connectivity index (χ3v) is 7.28. The van der Waals surface area contributed by atoms with Gasteiger partial charge < -0.3 is 9.80 Å². The molecular weight excluding hydrogens is 386 g/mol. The molecular formula is C22H27N3O3S. The normalized spacial score (nSPS) is 17.3. The molecule has 0 aromatic heterocycles. The Hall–Kier alpha value is -2.54. The number of piperidine rings is 1. The molecule has 154 valence electrons. The van der Waals surface area contributed by atoms with Crippen molar-refractivity contribution < 1.29 is 13.2 Å². The Labute approximate surface area is 172 Å². The number of hydrogen-bond donors (Lipinski definition) is 1. The fourth-order valence-corrected chi connectivity index (χ4v) is 5.20. The molecule has 0 aliphatic carbocycles. The Balaban J connectivity index is 1.48. The molecule has 2 aliphatic heterocycles. The number of nitrogens with one attached hydrogen (secondary N) is 1. The van der Waals surface area contributed by atoms with Crippen LogP contribution in [0.5, 0.6) is 0 Å². The van der Waals surface area contributed by atoms with E-state index in [1.165, 1.54) is 19.8 Å². The zero-order valence-corrected chi connectivity index (χ0v) is 17.7. The van der Waals surface area contributed by atoms with E-state index in [1.54, 1.807) is 23.1 Å². The molecule has 0 radical (unpaired) electrons. The molecule has 1 fully saturated rings. The first-order valence-corrected chi connectivity index (χ1v) is 11.6. The first-order valence-electron chi connectivity index (χ1n) is 10.1. The van der Waals surface area contributed by atoms with Gasteiger partial charge in [0.05, 0.1) is 4.90 Å². The summed E-state index contributed by atoms with van der Waals surface area (Å²) in [5, 5.41) is 0. The topological polar surface area (TPSA) is 69.7 Å². The van der Waals surface area contributed by atoms with Crippen molar-refractivity contribution in [2.75, 3.05) is 34.2 Å². The molecule has 0 unspecified atom stereocenters. The number of carbonyl (C=O) groups is 1. The number of sulfonamides is 1. The largest absolute Gasteiger partial charge is 0.372 e. The number of rotatable bonds is 4. The minimum absolute atomic E-state index is 0.0271. The predicted molar refractivity (Wildman–Crippen MR) is 116 cm³/mol. The standard InChI is InChI=1S/C22H27N3O3S/c1-16-9-12-24(13-10-16)20-5-3-19(4-6-20)23-29(27,28)21-7-8-22-18(15-21)11-14-25(22)17(2)26/h3-8,15-16,23H,9-14H2,1-2H3. The van der Waals surface area contributed by atoms with E-state index in [0.29, 0.717) is 18.7 Å². The summed E-state index contributed by atoms with van der Waals surface area (Å²) < 4.78 is 28.3. The van der Waals surface area contributed by atoms with Gasteiger partial charge in [-0.3, -0.25) is 9.52 Å². The van der Waals surface area contributed by atoms with Gasteiger partial charge in [0, 0.05) is 43.6 Å². The maximum atomic E-state index is 12.8. The smallest absolute Gasteiger partial charge is 0.261 e. The molecule has 29 heavy (non-hydrogen) atoms. The molecule has 0 atom stereocenters. The van der Waals surface area contributed by atoms with Gasteiger partial charge in [0.2, 0.25) is 5.91 Å². The average Bonchev–Trinajstić information content (AvgIpc) is 3.13. The van der Waals surface area contributed by atoms with Crippen molar-refractivity contribution in [1.29, 1.82) is 0 Å². The zero-order valence-electron chi connectivity index (χ0n) is 16.9. The molecule has 6 nitrogen and oxygen atoms in total. The van der Waals surface area contributed by atoms with E-state index in [2.05, 4.69) is 16.5 Å². The van der Waals surface area contributed by atoms with Crippen LogP contribution in [0.4, 0.5) is 17.1 Å². The number of nitrogens with zero attached hydrogens (tertiary/aromatic N) is 2. The fraction of sp³-hybridized carbons (Fsp3) is 0.409. The van der Waals surface area contributed by atoms with Crippen molar-refractivity contribution in [2.24, 2.45) is 5.92 Å². The lowest BCUT2D eigenvalue weighted by atomic mass is 9.99. The third-order valence-electron chi connectivity index (χ3n) is 5.91. The lowest BCUT2D eigenvalue weighted by molar-refractivity contribution is -0.116. The Kier molecular flexibility index (Phi) is 5.25. The van der Waals surface area contributed by atoms with E-state index in [4.69, 9.17) is 0 Å². The summed E-state index contributed by atoms with van der Waals surface area (Å²) in [5.74, 6) is 0.743. The predicted octanol–water partition coefficient (Wildman–Crippen LogP) is 3.63. The fourth-order valence-electron chi connectivity index (χ4n) is 4.09. The SMILES string of the molecule is CC(=O)N1CCc2cc(S(=O)(=O)Nc3ccc(N4CCC(C)CC4)cc3)ccc21. The second kappa shape index (κ2) is 7.71. The van der Waals surface area contributed by atoms with Gasteiger partial charge >= 0.3 is 0 Å². The van der Waals surface area contributed by atoms with E-state index in [0.717, 1.165) is 35.9 Å². The minimum atomic E-state index is -3.68. The van der Waals surface area contributed by atoms with Crippen molar-refractivity contribution in [1.82, 2.24) is 0 Å².